The van der Waals surface area contributed by atoms with Crippen molar-refractivity contribution in [1.82, 2.24) is 20.5 Å². The average molecular weight is 485 g/mol. The molecule has 0 saturated heterocycles. The number of nitrogens with zero attached hydrogens (tertiary/aromatic N) is 4. The van der Waals surface area contributed by atoms with Gasteiger partial charge in [0.1, 0.15) is 37.6 Å². The van der Waals surface area contributed by atoms with Crippen LogP contribution in [-0.2, 0) is 11.2 Å². The maximum Gasteiger partial charge on any atom is 0.291 e. The number of H-pyrrole nitrogens is 1. The van der Waals surface area contributed by atoms with Gasteiger partial charge in [-0.25, -0.2) is 13.8 Å². The lowest BCUT2D eigenvalue weighted by Gasteiger charge is -2.25. The van der Waals surface area contributed by atoms with Gasteiger partial charge in [-0.1, -0.05) is 30.3 Å². The summed E-state index contributed by atoms with van der Waals surface area (Å²) in [6, 6.07) is 13.6. The molecule has 0 fully saturated rings. The van der Waals surface area contributed by atoms with Crippen LogP contribution in [0.5, 0.6) is 5.75 Å². The molecule has 1 aliphatic rings. The van der Waals surface area contributed by atoms with E-state index in [0.29, 0.717) is 29.4 Å². The number of fused-ring (bicyclic) bond motifs is 1. The van der Waals surface area contributed by atoms with Crippen LogP contribution >= 0.6 is 0 Å². The molecule has 1 aliphatic heterocycles. The topological polar surface area (TPSA) is 103 Å². The summed E-state index contributed by atoms with van der Waals surface area (Å²) < 4.78 is 31.6. The zero-order valence-electron chi connectivity index (χ0n) is 19.2. The minimum atomic E-state index is -0.979. The molecule has 0 spiro atoms. The van der Waals surface area contributed by atoms with Crippen LogP contribution in [0.1, 0.15) is 22.0 Å². The number of carbonyl (C=O) groups excluding carboxylic acids is 2. The van der Waals surface area contributed by atoms with Gasteiger partial charge < -0.3 is 19.9 Å². The van der Waals surface area contributed by atoms with Crippen LogP contribution in [0.2, 0.25) is 0 Å². The number of rotatable bonds is 9. The fourth-order valence-electron chi connectivity index (χ4n) is 3.85. The van der Waals surface area contributed by atoms with Crippen LogP contribution in [0, 0.1) is 0 Å². The molecule has 11 heteroatoms. The Morgan fingerprint density at radius 1 is 1.20 bits per heavy atom. The van der Waals surface area contributed by atoms with Gasteiger partial charge in [-0.3, -0.25) is 14.7 Å². The number of carbonyl (C=O) groups is 2. The zero-order chi connectivity index (χ0) is 24.8. The highest BCUT2D eigenvalue weighted by Crippen LogP contribution is 2.34. The van der Waals surface area contributed by atoms with Gasteiger partial charge in [0, 0.05) is 32.2 Å². The van der Waals surface area contributed by atoms with Gasteiger partial charge in [-0.15, -0.1) is 5.10 Å². The summed E-state index contributed by atoms with van der Waals surface area (Å²) in [5, 5.41) is 9.36. The number of ether oxygens (including phenoxy) is 1. The van der Waals surface area contributed by atoms with E-state index in [-0.39, 0.29) is 25.5 Å². The van der Waals surface area contributed by atoms with E-state index in [4.69, 9.17) is 4.74 Å². The standard InChI is InChI=1S/C24H26F2N6O3/c1-31-19-14-17(32(11-9-25)12-10-26)7-8-20(19)35-15-18(24(31)34)27-23(33)22-28-21(29-30-22)13-16-5-3-2-4-6-16/h2-8,14,18H,9-13,15H2,1H3,(H,27,33)(H,28,29,30)/t18-/m0/s1. The van der Waals surface area contributed by atoms with Crippen molar-refractivity contribution < 1.29 is 23.1 Å². The Labute approximate surface area is 201 Å². The molecule has 4 rings (SSSR count). The number of alkyl halides is 2. The number of hydrogen-bond acceptors (Lipinski definition) is 6. The van der Waals surface area contributed by atoms with E-state index >= 15 is 0 Å². The number of aromatic amines is 1. The summed E-state index contributed by atoms with van der Waals surface area (Å²) in [5.74, 6) is -0.155. The second-order valence-electron chi connectivity index (χ2n) is 8.02. The van der Waals surface area contributed by atoms with Crippen LogP contribution in [0.15, 0.2) is 48.5 Å². The van der Waals surface area contributed by atoms with Gasteiger partial charge in [-0.2, -0.15) is 0 Å². The van der Waals surface area contributed by atoms with Crippen molar-refractivity contribution in [1.29, 1.82) is 0 Å². The Balaban J connectivity index is 1.45. The Morgan fingerprint density at radius 3 is 2.66 bits per heavy atom. The third kappa shape index (κ3) is 5.56. The summed E-state index contributed by atoms with van der Waals surface area (Å²) in [6.45, 7) is -1.30. The van der Waals surface area contributed by atoms with Gasteiger partial charge in [0.05, 0.1) is 5.69 Å². The lowest BCUT2D eigenvalue weighted by atomic mass is 10.1. The number of aromatic nitrogens is 3. The zero-order valence-corrected chi connectivity index (χ0v) is 19.2. The molecular formula is C24H26F2N6O3. The third-order valence-electron chi connectivity index (χ3n) is 5.67. The number of nitrogens with one attached hydrogen (secondary N) is 2. The predicted molar refractivity (Wildman–Crippen MR) is 126 cm³/mol. The van der Waals surface area contributed by atoms with Crippen LogP contribution in [0.4, 0.5) is 20.2 Å². The number of halogens is 2. The molecule has 2 N–H and O–H groups in total. The molecule has 1 aromatic heterocycles. The lowest BCUT2D eigenvalue weighted by molar-refractivity contribution is -0.120. The van der Waals surface area contributed by atoms with Crippen LogP contribution < -0.4 is 19.9 Å². The highest BCUT2D eigenvalue weighted by molar-refractivity contribution is 6.02. The van der Waals surface area contributed by atoms with Crippen molar-refractivity contribution >= 4 is 23.2 Å². The smallest absolute Gasteiger partial charge is 0.291 e. The first-order valence-corrected chi connectivity index (χ1v) is 11.2. The molecule has 0 bridgehead atoms. The fraction of sp³-hybridized carbons (Fsp3) is 0.333. The molecule has 2 aromatic carbocycles. The summed E-state index contributed by atoms with van der Waals surface area (Å²) >= 11 is 0. The van der Waals surface area contributed by atoms with Crippen molar-refractivity contribution in [3.63, 3.8) is 0 Å². The predicted octanol–water partition coefficient (Wildman–Crippen LogP) is 2.29. The molecule has 9 nitrogen and oxygen atoms in total. The largest absolute Gasteiger partial charge is 0.489 e. The molecule has 0 aliphatic carbocycles. The van der Waals surface area contributed by atoms with Crippen molar-refractivity contribution in [3.8, 4) is 5.75 Å². The van der Waals surface area contributed by atoms with Gasteiger partial charge in [0.15, 0.2) is 0 Å². The quantitative estimate of drug-likeness (QED) is 0.483. The van der Waals surface area contributed by atoms with Gasteiger partial charge in [-0.05, 0) is 23.8 Å². The van der Waals surface area contributed by atoms with Crippen molar-refractivity contribution in [3.05, 3.63) is 65.7 Å². The molecule has 184 valence electrons. The summed E-state index contributed by atoms with van der Waals surface area (Å²) in [6.07, 6.45) is 0.481. The molecule has 0 saturated carbocycles. The van der Waals surface area contributed by atoms with E-state index in [1.165, 1.54) is 4.90 Å². The highest BCUT2D eigenvalue weighted by Gasteiger charge is 2.32. The van der Waals surface area contributed by atoms with Gasteiger partial charge >= 0.3 is 0 Å². The van der Waals surface area contributed by atoms with Crippen LogP contribution in [0.25, 0.3) is 0 Å². The van der Waals surface area contributed by atoms with E-state index in [1.807, 2.05) is 30.3 Å². The second kappa shape index (κ2) is 10.9. The average Bonchev–Trinajstić information content (AvgIpc) is 3.30. The first-order chi connectivity index (χ1) is 17.0. The highest BCUT2D eigenvalue weighted by atomic mass is 19.1. The number of benzene rings is 2. The molecule has 0 radical (unpaired) electrons. The van der Waals surface area contributed by atoms with E-state index in [9.17, 15) is 18.4 Å². The molecule has 2 amide bonds. The van der Waals surface area contributed by atoms with Crippen LogP contribution in [0.3, 0.4) is 0 Å². The van der Waals surface area contributed by atoms with Crippen molar-refractivity contribution in [2.45, 2.75) is 12.5 Å². The van der Waals surface area contributed by atoms with E-state index < -0.39 is 31.2 Å². The van der Waals surface area contributed by atoms with Crippen LogP contribution in [-0.4, -0.2) is 73.1 Å². The maximum atomic E-state index is 13.1. The molecule has 1 atom stereocenters. The minimum Gasteiger partial charge on any atom is -0.489 e. The number of amides is 2. The Hall–Kier alpha value is -4.02. The van der Waals surface area contributed by atoms with Crippen molar-refractivity contribution in [2.24, 2.45) is 0 Å². The minimum absolute atomic E-state index is 0.0306. The number of anilines is 2. The molecule has 0 unspecified atom stereocenters. The van der Waals surface area contributed by atoms with E-state index in [0.717, 1.165) is 5.56 Å². The first kappa shape index (κ1) is 24.1. The normalized spacial score (nSPS) is 15.2. The van der Waals surface area contributed by atoms with E-state index in [1.54, 1.807) is 30.1 Å². The van der Waals surface area contributed by atoms with Gasteiger partial charge in [0.2, 0.25) is 5.82 Å². The SMILES string of the molecule is CN1C(=O)[C@@H](NC(=O)c2n[nH]c(Cc3ccccc3)n2)COc2ccc(N(CCF)CCF)cc21. The summed E-state index contributed by atoms with van der Waals surface area (Å²) in [7, 11) is 1.55. The molecule has 2 heterocycles. The monoisotopic (exact) mass is 484 g/mol. The summed E-state index contributed by atoms with van der Waals surface area (Å²) in [5.41, 5.74) is 2.02. The third-order valence-corrected chi connectivity index (χ3v) is 5.67. The maximum absolute atomic E-state index is 13.1. The molecule has 35 heavy (non-hydrogen) atoms. The summed E-state index contributed by atoms with van der Waals surface area (Å²) in [4.78, 5) is 33.0. The molecule has 3 aromatic rings. The van der Waals surface area contributed by atoms with E-state index in [2.05, 4.69) is 20.5 Å². The first-order valence-electron chi connectivity index (χ1n) is 11.2. The van der Waals surface area contributed by atoms with Gasteiger partial charge in [0.25, 0.3) is 11.8 Å². The fourth-order valence-corrected chi connectivity index (χ4v) is 3.85. The second-order valence-corrected chi connectivity index (χ2v) is 8.02. The number of hydrogen-bond donors (Lipinski definition) is 2. The Morgan fingerprint density at radius 2 is 1.94 bits per heavy atom. The lowest BCUT2D eigenvalue weighted by Crippen LogP contribution is -2.49. The Kier molecular flexibility index (Phi) is 7.54. The van der Waals surface area contributed by atoms with Crippen molar-refractivity contribution in [2.75, 3.05) is 49.9 Å². The molecular weight excluding hydrogens is 458 g/mol. The number of likely N-dealkylation sites (N-methyl/N-ethyl adjacent to an activating group) is 1. The Bertz CT molecular complexity index is 1170.